The molecule has 0 saturated carbocycles. The van der Waals surface area contributed by atoms with Gasteiger partial charge in [0.05, 0.1) is 23.6 Å². The average Bonchev–Trinajstić information content (AvgIpc) is 3.31. The number of phenolic OH excluding ortho intramolecular Hbond substituents is 1. The highest BCUT2D eigenvalue weighted by Gasteiger charge is 2.40. The van der Waals surface area contributed by atoms with Crippen molar-refractivity contribution in [3.8, 4) is 11.4 Å². The van der Waals surface area contributed by atoms with Crippen molar-refractivity contribution in [1.29, 1.82) is 0 Å². The molecule has 0 aliphatic carbocycles. The van der Waals surface area contributed by atoms with Gasteiger partial charge in [0.15, 0.2) is 6.30 Å². The van der Waals surface area contributed by atoms with Gasteiger partial charge in [-0.25, -0.2) is 13.6 Å². The lowest BCUT2D eigenvalue weighted by Gasteiger charge is -2.43. The molecule has 1 N–H and O–H groups in total. The van der Waals surface area contributed by atoms with Crippen molar-refractivity contribution in [1.82, 2.24) is 19.4 Å². The van der Waals surface area contributed by atoms with Crippen LogP contribution in [0.15, 0.2) is 47.4 Å². The van der Waals surface area contributed by atoms with Gasteiger partial charge in [0, 0.05) is 48.9 Å². The quantitative estimate of drug-likeness (QED) is 0.327. The van der Waals surface area contributed by atoms with E-state index in [2.05, 4.69) is 16.5 Å². The van der Waals surface area contributed by atoms with Crippen molar-refractivity contribution in [2.24, 2.45) is 0 Å². The number of aryl methyl sites for hydroxylation is 1. The number of benzene rings is 1. The van der Waals surface area contributed by atoms with Crippen LogP contribution in [-0.2, 0) is 17.8 Å². The summed E-state index contributed by atoms with van der Waals surface area (Å²) < 4.78 is 32.7. The Labute approximate surface area is 255 Å². The minimum absolute atomic E-state index is 0.00157. The maximum absolute atomic E-state index is 16.1. The molecule has 5 heterocycles. The smallest absolute Gasteiger partial charge is 0.354 e. The number of carbonyl (C=O) groups is 1. The number of nitrogens with zero attached hydrogens (tertiary/aromatic N) is 6. The molecule has 11 heteroatoms. The number of para-hydroxylation sites is 1. The minimum Gasteiger partial charge on any atom is -0.506 e. The average molecular weight is 605 g/mol. The van der Waals surface area contributed by atoms with Gasteiger partial charge in [0.25, 0.3) is 0 Å². The van der Waals surface area contributed by atoms with Crippen LogP contribution in [0.4, 0.5) is 20.3 Å². The second kappa shape index (κ2) is 11.3. The summed E-state index contributed by atoms with van der Waals surface area (Å²) in [4.78, 5) is 41.1. The SMILES string of the molecule is C=C1CCN(C2CCN(c3nc(=O)n(-c4c(C)ccnc4C(C)C)c4c3CC(F)N(c3c(O)cccc3F)C4)[C@@H](C)C2)C1=O. The Morgan fingerprint density at radius 1 is 1.09 bits per heavy atom. The van der Waals surface area contributed by atoms with Crippen molar-refractivity contribution >= 4 is 17.4 Å². The standard InChI is InChI=1S/C33H38F2N6O3/c1-18(2)28-29(19(3)9-12-36-28)41-25-17-40(30-24(34)7-6-8-26(30)42)27(35)16-23(25)31(37-33(41)44)38-14-11-22(15-21(38)5)39-13-10-20(4)32(39)43/h6-9,12,18,21-22,27,42H,4,10-11,13-17H2,1-3,5H3/t21-,22?,27?/m0/s1. The minimum atomic E-state index is -1.68. The van der Waals surface area contributed by atoms with Gasteiger partial charge in [-0.3, -0.25) is 14.3 Å². The van der Waals surface area contributed by atoms with Gasteiger partial charge in [-0.1, -0.05) is 26.5 Å². The van der Waals surface area contributed by atoms with E-state index in [0.717, 1.165) is 5.56 Å². The molecule has 0 bridgehead atoms. The fraction of sp³-hybridized carbons (Fsp3) is 0.455. The van der Waals surface area contributed by atoms with E-state index in [1.807, 2.05) is 43.6 Å². The van der Waals surface area contributed by atoms with Crippen LogP contribution in [0.1, 0.15) is 68.5 Å². The number of hydrogen-bond donors (Lipinski definition) is 1. The van der Waals surface area contributed by atoms with Gasteiger partial charge in [-0.05, 0) is 62.8 Å². The first-order chi connectivity index (χ1) is 21.0. The summed E-state index contributed by atoms with van der Waals surface area (Å²) in [5, 5.41) is 10.6. The highest BCUT2D eigenvalue weighted by atomic mass is 19.1. The molecular weight excluding hydrogens is 566 g/mol. The molecule has 1 aromatic carbocycles. The van der Waals surface area contributed by atoms with E-state index in [9.17, 15) is 14.7 Å². The number of halogens is 2. The van der Waals surface area contributed by atoms with E-state index < -0.39 is 17.8 Å². The first kappa shape index (κ1) is 29.8. The molecule has 2 saturated heterocycles. The normalized spacial score (nSPS) is 22.2. The lowest BCUT2D eigenvalue weighted by atomic mass is 9.94. The molecule has 2 unspecified atom stereocenters. The van der Waals surface area contributed by atoms with E-state index >= 15 is 8.78 Å². The molecule has 3 aliphatic rings. The number of aromatic nitrogens is 3. The summed E-state index contributed by atoms with van der Waals surface area (Å²) in [6.07, 6.45) is 1.86. The lowest BCUT2D eigenvalue weighted by molar-refractivity contribution is -0.127. The van der Waals surface area contributed by atoms with Crippen LogP contribution in [0.5, 0.6) is 5.75 Å². The van der Waals surface area contributed by atoms with Crippen molar-refractivity contribution in [2.75, 3.05) is 22.9 Å². The van der Waals surface area contributed by atoms with E-state index in [-0.39, 0.29) is 48.3 Å². The number of phenols is 1. The Bertz CT molecular complexity index is 1690. The van der Waals surface area contributed by atoms with Gasteiger partial charge in [-0.2, -0.15) is 4.98 Å². The predicted octanol–water partition coefficient (Wildman–Crippen LogP) is 4.91. The van der Waals surface area contributed by atoms with Gasteiger partial charge >= 0.3 is 5.69 Å². The third-order valence-corrected chi connectivity index (χ3v) is 9.27. The fourth-order valence-corrected chi connectivity index (χ4v) is 7.02. The number of pyridine rings is 1. The second-order valence-electron chi connectivity index (χ2n) is 12.4. The highest BCUT2D eigenvalue weighted by Crippen LogP contribution is 2.40. The third kappa shape index (κ3) is 4.92. The van der Waals surface area contributed by atoms with E-state index in [1.54, 1.807) is 6.20 Å². The van der Waals surface area contributed by atoms with Crippen LogP contribution in [0, 0.1) is 12.7 Å². The highest BCUT2D eigenvalue weighted by molar-refractivity contribution is 5.95. The van der Waals surface area contributed by atoms with Crippen LogP contribution in [0.25, 0.3) is 5.69 Å². The molecule has 2 aromatic heterocycles. The molecule has 3 aliphatic heterocycles. The van der Waals surface area contributed by atoms with Crippen LogP contribution in [0.2, 0.25) is 0 Å². The Morgan fingerprint density at radius 2 is 1.86 bits per heavy atom. The first-order valence-electron chi connectivity index (χ1n) is 15.2. The number of alkyl halides is 1. The Balaban J connectivity index is 1.48. The Hall–Kier alpha value is -4.28. The van der Waals surface area contributed by atoms with E-state index in [4.69, 9.17) is 0 Å². The molecule has 44 heavy (non-hydrogen) atoms. The number of likely N-dealkylation sites (tertiary alicyclic amines) is 1. The molecule has 2 fully saturated rings. The van der Waals surface area contributed by atoms with Crippen molar-refractivity contribution in [3.63, 3.8) is 0 Å². The van der Waals surface area contributed by atoms with Crippen LogP contribution < -0.4 is 15.5 Å². The lowest BCUT2D eigenvalue weighted by Crippen LogP contribution is -2.51. The maximum atomic E-state index is 16.1. The van der Waals surface area contributed by atoms with Crippen molar-refractivity contribution in [3.05, 3.63) is 81.4 Å². The first-order valence-corrected chi connectivity index (χ1v) is 15.2. The monoisotopic (exact) mass is 604 g/mol. The van der Waals surface area contributed by atoms with Crippen LogP contribution >= 0.6 is 0 Å². The van der Waals surface area contributed by atoms with Gasteiger partial charge in [0.1, 0.15) is 23.1 Å². The zero-order valence-electron chi connectivity index (χ0n) is 25.6. The third-order valence-electron chi connectivity index (χ3n) is 9.27. The summed E-state index contributed by atoms with van der Waals surface area (Å²) >= 11 is 0. The zero-order valence-corrected chi connectivity index (χ0v) is 25.6. The summed E-state index contributed by atoms with van der Waals surface area (Å²) in [6, 6.07) is 5.64. The van der Waals surface area contributed by atoms with Gasteiger partial charge in [-0.15, -0.1) is 0 Å². The van der Waals surface area contributed by atoms with Crippen molar-refractivity contribution < 1.29 is 18.7 Å². The molecule has 6 rings (SSSR count). The number of amides is 1. The summed E-state index contributed by atoms with van der Waals surface area (Å²) in [7, 11) is 0. The Kier molecular flexibility index (Phi) is 7.67. The van der Waals surface area contributed by atoms with Gasteiger partial charge in [0.2, 0.25) is 5.91 Å². The summed E-state index contributed by atoms with van der Waals surface area (Å²) in [6.45, 7) is 12.8. The number of carbonyl (C=O) groups excluding carboxylic acids is 1. The number of hydrogen-bond acceptors (Lipinski definition) is 7. The molecular formula is C33H38F2N6O3. The Morgan fingerprint density at radius 3 is 2.52 bits per heavy atom. The van der Waals surface area contributed by atoms with E-state index in [1.165, 1.54) is 27.7 Å². The molecule has 3 atom stereocenters. The topological polar surface area (TPSA) is 94.8 Å². The number of fused-ring (bicyclic) bond motifs is 1. The largest absolute Gasteiger partial charge is 0.506 e. The number of anilines is 2. The second-order valence-corrected chi connectivity index (χ2v) is 12.4. The van der Waals surface area contributed by atoms with Crippen LogP contribution in [-0.4, -0.2) is 61.9 Å². The molecule has 0 radical (unpaired) electrons. The fourth-order valence-electron chi connectivity index (χ4n) is 7.02. The summed E-state index contributed by atoms with van der Waals surface area (Å²) in [5.41, 5.74) is 2.97. The number of rotatable bonds is 5. The molecule has 0 spiro atoms. The summed E-state index contributed by atoms with van der Waals surface area (Å²) in [5.74, 6) is -0.751. The number of aromatic hydroxyl groups is 1. The van der Waals surface area contributed by atoms with Crippen LogP contribution in [0.3, 0.4) is 0 Å². The number of piperidine rings is 1. The van der Waals surface area contributed by atoms with E-state index in [0.29, 0.717) is 66.4 Å². The van der Waals surface area contributed by atoms with Crippen molar-refractivity contribution in [2.45, 2.75) is 84.2 Å². The molecule has 3 aromatic rings. The van der Waals surface area contributed by atoms with Gasteiger partial charge < -0.3 is 19.8 Å². The molecule has 1 amide bonds. The zero-order chi connectivity index (χ0) is 31.4. The maximum Gasteiger partial charge on any atom is 0.354 e. The molecule has 232 valence electrons. The predicted molar refractivity (Wildman–Crippen MR) is 165 cm³/mol. The molecule has 9 nitrogen and oxygen atoms in total.